The van der Waals surface area contributed by atoms with Gasteiger partial charge in [-0.25, -0.2) is 9.98 Å². The lowest BCUT2D eigenvalue weighted by molar-refractivity contribution is -0.129. The molecule has 1 fully saturated rings. The van der Waals surface area contributed by atoms with E-state index in [-0.39, 0.29) is 35.9 Å². The standard InChI is InChI=1S/C15H25N5OS.HI/c1-4-14(21)20-7-6-12(10-20)19-15(16-5-2)18-9-13-17-8-11(3)22-13;/h8,12H,4-7,9-10H2,1-3H3,(H2,16,18,19);1H. The van der Waals surface area contributed by atoms with Gasteiger partial charge in [-0.15, -0.1) is 35.3 Å². The van der Waals surface area contributed by atoms with Crippen LogP contribution in [0.15, 0.2) is 11.2 Å². The predicted octanol–water partition coefficient (Wildman–Crippen LogP) is 2.14. The van der Waals surface area contributed by atoms with E-state index in [1.807, 2.05) is 31.9 Å². The van der Waals surface area contributed by atoms with Crippen LogP contribution in [-0.2, 0) is 11.3 Å². The Morgan fingerprint density at radius 2 is 2.30 bits per heavy atom. The monoisotopic (exact) mass is 451 g/mol. The zero-order valence-corrected chi connectivity index (χ0v) is 17.1. The number of carbonyl (C=O) groups excluding carboxylic acids is 1. The van der Waals surface area contributed by atoms with Gasteiger partial charge in [0.25, 0.3) is 0 Å². The third-order valence-corrected chi connectivity index (χ3v) is 4.47. The van der Waals surface area contributed by atoms with Gasteiger partial charge in [0.2, 0.25) is 5.91 Å². The van der Waals surface area contributed by atoms with E-state index in [9.17, 15) is 4.79 Å². The lowest BCUT2D eigenvalue weighted by Crippen LogP contribution is -2.45. The zero-order chi connectivity index (χ0) is 15.9. The second kappa shape index (κ2) is 10.1. The van der Waals surface area contributed by atoms with Crippen molar-refractivity contribution >= 4 is 47.2 Å². The summed E-state index contributed by atoms with van der Waals surface area (Å²) >= 11 is 1.67. The molecule has 8 heteroatoms. The second-order valence-electron chi connectivity index (χ2n) is 5.38. The van der Waals surface area contributed by atoms with E-state index >= 15 is 0 Å². The molecule has 0 spiro atoms. The molecule has 1 aromatic heterocycles. The Labute approximate surface area is 159 Å². The highest BCUT2D eigenvalue weighted by molar-refractivity contribution is 14.0. The number of guanidine groups is 1. The van der Waals surface area contributed by atoms with Gasteiger partial charge in [0.05, 0.1) is 6.54 Å². The number of nitrogens with zero attached hydrogens (tertiary/aromatic N) is 3. The van der Waals surface area contributed by atoms with Crippen LogP contribution in [0, 0.1) is 6.92 Å². The van der Waals surface area contributed by atoms with Crippen molar-refractivity contribution in [1.82, 2.24) is 20.5 Å². The van der Waals surface area contributed by atoms with Crippen molar-refractivity contribution in [2.75, 3.05) is 19.6 Å². The lowest BCUT2D eigenvalue weighted by Gasteiger charge is -2.18. The molecule has 1 amide bonds. The minimum Gasteiger partial charge on any atom is -0.357 e. The summed E-state index contributed by atoms with van der Waals surface area (Å²) in [5.41, 5.74) is 0. The second-order valence-corrected chi connectivity index (χ2v) is 6.70. The molecule has 0 saturated carbocycles. The van der Waals surface area contributed by atoms with Crippen LogP contribution in [0.1, 0.15) is 36.6 Å². The Hall–Kier alpha value is -0.900. The van der Waals surface area contributed by atoms with Gasteiger partial charge < -0.3 is 15.5 Å². The first kappa shape index (κ1) is 20.1. The van der Waals surface area contributed by atoms with Crippen LogP contribution in [0.3, 0.4) is 0 Å². The largest absolute Gasteiger partial charge is 0.357 e. The van der Waals surface area contributed by atoms with Gasteiger partial charge in [-0.1, -0.05) is 6.92 Å². The highest BCUT2D eigenvalue weighted by Crippen LogP contribution is 2.13. The summed E-state index contributed by atoms with van der Waals surface area (Å²) in [6.45, 7) is 8.98. The molecule has 2 N–H and O–H groups in total. The van der Waals surface area contributed by atoms with E-state index in [0.29, 0.717) is 13.0 Å². The van der Waals surface area contributed by atoms with E-state index < -0.39 is 0 Å². The molecule has 130 valence electrons. The normalized spacial score (nSPS) is 17.8. The fraction of sp³-hybridized carbons (Fsp3) is 0.667. The molecule has 2 rings (SSSR count). The number of nitrogens with one attached hydrogen (secondary N) is 2. The van der Waals surface area contributed by atoms with E-state index in [4.69, 9.17) is 0 Å². The average Bonchev–Trinajstić information content (AvgIpc) is 3.13. The SMILES string of the molecule is CCNC(=NCc1ncc(C)s1)NC1CCN(C(=O)CC)C1.I. The van der Waals surface area contributed by atoms with Crippen LogP contribution in [0.25, 0.3) is 0 Å². The molecule has 1 aliphatic heterocycles. The molecule has 0 radical (unpaired) electrons. The maximum absolute atomic E-state index is 11.7. The Balaban J connectivity index is 0.00000264. The summed E-state index contributed by atoms with van der Waals surface area (Å²) in [6, 6.07) is 0.270. The molecule has 1 aromatic rings. The smallest absolute Gasteiger partial charge is 0.222 e. The summed E-state index contributed by atoms with van der Waals surface area (Å²) in [7, 11) is 0. The number of thiazole rings is 1. The van der Waals surface area contributed by atoms with Crippen molar-refractivity contribution in [3.63, 3.8) is 0 Å². The molecule has 1 unspecified atom stereocenters. The van der Waals surface area contributed by atoms with Crippen molar-refractivity contribution in [1.29, 1.82) is 0 Å². The molecule has 1 atom stereocenters. The third kappa shape index (κ3) is 6.25. The van der Waals surface area contributed by atoms with Crippen LogP contribution in [-0.4, -0.2) is 47.4 Å². The molecule has 2 heterocycles. The summed E-state index contributed by atoms with van der Waals surface area (Å²) in [5, 5.41) is 7.70. The highest BCUT2D eigenvalue weighted by atomic mass is 127. The number of rotatable bonds is 5. The van der Waals surface area contributed by atoms with E-state index in [0.717, 1.165) is 37.0 Å². The molecule has 23 heavy (non-hydrogen) atoms. The molecule has 0 aliphatic carbocycles. The first-order chi connectivity index (χ1) is 10.6. The van der Waals surface area contributed by atoms with Gasteiger partial charge in [-0.05, 0) is 20.3 Å². The van der Waals surface area contributed by atoms with Gasteiger partial charge >= 0.3 is 0 Å². The molecule has 0 bridgehead atoms. The lowest BCUT2D eigenvalue weighted by atomic mass is 10.3. The maximum atomic E-state index is 11.7. The van der Waals surface area contributed by atoms with Crippen molar-refractivity contribution in [3.8, 4) is 0 Å². The number of hydrogen-bond donors (Lipinski definition) is 2. The predicted molar refractivity (Wildman–Crippen MR) is 105 cm³/mol. The topological polar surface area (TPSA) is 69.6 Å². The third-order valence-electron chi connectivity index (χ3n) is 3.57. The van der Waals surface area contributed by atoms with Crippen LogP contribution < -0.4 is 10.6 Å². The van der Waals surface area contributed by atoms with Crippen LogP contribution in [0.2, 0.25) is 0 Å². The van der Waals surface area contributed by atoms with E-state index in [2.05, 4.69) is 20.6 Å². The quantitative estimate of drug-likeness (QED) is 0.409. The van der Waals surface area contributed by atoms with Crippen LogP contribution in [0.4, 0.5) is 0 Å². The molecule has 1 saturated heterocycles. The van der Waals surface area contributed by atoms with Crippen molar-refractivity contribution in [3.05, 3.63) is 16.1 Å². The summed E-state index contributed by atoms with van der Waals surface area (Å²) in [6.07, 6.45) is 3.41. The number of aromatic nitrogens is 1. The number of carbonyl (C=O) groups is 1. The van der Waals surface area contributed by atoms with Gasteiger partial charge in [0.1, 0.15) is 5.01 Å². The minimum absolute atomic E-state index is 0. The Kier molecular flexibility index (Phi) is 8.82. The zero-order valence-electron chi connectivity index (χ0n) is 14.0. The van der Waals surface area contributed by atoms with Gasteiger partial charge in [-0.2, -0.15) is 0 Å². The molecule has 6 nitrogen and oxygen atoms in total. The van der Waals surface area contributed by atoms with Gasteiger partial charge in [-0.3, -0.25) is 4.79 Å². The summed E-state index contributed by atoms with van der Waals surface area (Å²) in [5.74, 6) is 1.02. The fourth-order valence-corrected chi connectivity index (χ4v) is 3.17. The Morgan fingerprint density at radius 3 is 2.91 bits per heavy atom. The fourth-order valence-electron chi connectivity index (χ4n) is 2.46. The molecular weight excluding hydrogens is 425 g/mol. The number of aryl methyl sites for hydroxylation is 1. The van der Waals surface area contributed by atoms with Crippen LogP contribution >= 0.6 is 35.3 Å². The number of hydrogen-bond acceptors (Lipinski definition) is 4. The molecule has 1 aliphatic rings. The number of amides is 1. The van der Waals surface area contributed by atoms with Crippen LogP contribution in [0.5, 0.6) is 0 Å². The van der Waals surface area contributed by atoms with E-state index in [1.165, 1.54) is 4.88 Å². The molecular formula is C15H26IN5OS. The molecule has 0 aromatic carbocycles. The Bertz CT molecular complexity index is 534. The highest BCUT2D eigenvalue weighted by Gasteiger charge is 2.25. The van der Waals surface area contributed by atoms with Crippen molar-refractivity contribution < 1.29 is 4.79 Å². The number of likely N-dealkylation sites (tertiary alicyclic amines) is 1. The van der Waals surface area contributed by atoms with Crippen molar-refractivity contribution in [2.45, 2.75) is 46.2 Å². The number of halogens is 1. The minimum atomic E-state index is 0. The van der Waals surface area contributed by atoms with E-state index in [1.54, 1.807) is 11.3 Å². The Morgan fingerprint density at radius 1 is 1.52 bits per heavy atom. The first-order valence-corrected chi connectivity index (χ1v) is 8.68. The number of aliphatic imine (C=N–C) groups is 1. The van der Waals surface area contributed by atoms with Gasteiger partial charge in [0, 0.05) is 43.2 Å². The van der Waals surface area contributed by atoms with Crippen molar-refractivity contribution in [2.24, 2.45) is 4.99 Å². The summed E-state index contributed by atoms with van der Waals surface area (Å²) in [4.78, 5) is 23.8. The summed E-state index contributed by atoms with van der Waals surface area (Å²) < 4.78 is 0. The first-order valence-electron chi connectivity index (χ1n) is 7.86. The average molecular weight is 451 g/mol. The maximum Gasteiger partial charge on any atom is 0.222 e. The van der Waals surface area contributed by atoms with Gasteiger partial charge in [0.15, 0.2) is 5.96 Å².